The number of benzene rings is 2. The first-order valence-electron chi connectivity index (χ1n) is 9.13. The standard InChI is InChI=1S/C21H25F3N4O/c1-15(17-10-7-11-18(12-17)21(22,23)24)27-20(26-14-19(29)28(2)3)25-13-16-8-5-4-6-9-16/h4-12,15H,13-14H2,1-3H3,(H2,25,26,27). The summed E-state index contributed by atoms with van der Waals surface area (Å²) < 4.78 is 39.0. The summed E-state index contributed by atoms with van der Waals surface area (Å²) in [6.45, 7) is 2.12. The van der Waals surface area contributed by atoms with Crippen LogP contribution in [0.5, 0.6) is 0 Å². The maximum atomic E-state index is 13.0. The summed E-state index contributed by atoms with van der Waals surface area (Å²) in [7, 11) is 3.28. The van der Waals surface area contributed by atoms with Gasteiger partial charge in [0.2, 0.25) is 5.91 Å². The fourth-order valence-electron chi connectivity index (χ4n) is 2.50. The summed E-state index contributed by atoms with van der Waals surface area (Å²) in [5.41, 5.74) is 0.731. The molecule has 1 unspecified atom stereocenters. The van der Waals surface area contributed by atoms with Gasteiger partial charge in [0.1, 0.15) is 0 Å². The smallest absolute Gasteiger partial charge is 0.350 e. The van der Waals surface area contributed by atoms with E-state index in [-0.39, 0.29) is 12.5 Å². The predicted molar refractivity (Wildman–Crippen MR) is 107 cm³/mol. The van der Waals surface area contributed by atoms with E-state index in [1.807, 2.05) is 30.3 Å². The topological polar surface area (TPSA) is 56.7 Å². The van der Waals surface area contributed by atoms with Gasteiger partial charge in [-0.2, -0.15) is 13.2 Å². The van der Waals surface area contributed by atoms with Crippen molar-refractivity contribution < 1.29 is 18.0 Å². The Balaban J connectivity index is 2.16. The molecule has 2 rings (SSSR count). The molecule has 0 heterocycles. The molecule has 1 amide bonds. The summed E-state index contributed by atoms with van der Waals surface area (Å²) in [5.74, 6) is 0.194. The molecule has 0 fully saturated rings. The number of aliphatic imine (C=N–C) groups is 1. The number of nitrogens with one attached hydrogen (secondary N) is 2. The minimum atomic E-state index is -4.41. The van der Waals surface area contributed by atoms with Gasteiger partial charge in [0.05, 0.1) is 24.7 Å². The third kappa shape index (κ3) is 7.14. The third-order valence-corrected chi connectivity index (χ3v) is 4.24. The Kier molecular flexibility index (Phi) is 7.64. The number of carbonyl (C=O) groups is 1. The Morgan fingerprint density at radius 2 is 1.79 bits per heavy atom. The molecule has 2 N–H and O–H groups in total. The minimum Gasteiger partial charge on any atom is -0.350 e. The Bertz CT molecular complexity index is 835. The van der Waals surface area contributed by atoms with Crippen LogP contribution >= 0.6 is 0 Å². The second kappa shape index (κ2) is 9.95. The molecular formula is C21H25F3N4O. The third-order valence-electron chi connectivity index (χ3n) is 4.24. The van der Waals surface area contributed by atoms with Gasteiger partial charge in [-0.15, -0.1) is 0 Å². The van der Waals surface area contributed by atoms with Crippen molar-refractivity contribution in [2.45, 2.75) is 25.7 Å². The normalized spacial score (nSPS) is 13.0. The molecule has 0 spiro atoms. The molecule has 0 radical (unpaired) electrons. The van der Waals surface area contributed by atoms with Gasteiger partial charge >= 0.3 is 6.18 Å². The Morgan fingerprint density at radius 3 is 2.41 bits per heavy atom. The first-order chi connectivity index (χ1) is 13.7. The van der Waals surface area contributed by atoms with Crippen LogP contribution in [-0.2, 0) is 17.5 Å². The van der Waals surface area contributed by atoms with E-state index in [1.54, 1.807) is 27.1 Å². The fraction of sp³-hybridized carbons (Fsp3) is 0.333. The average Bonchev–Trinajstić information content (AvgIpc) is 2.69. The number of rotatable bonds is 6. The maximum Gasteiger partial charge on any atom is 0.416 e. The van der Waals surface area contributed by atoms with Gasteiger partial charge in [-0.3, -0.25) is 4.79 Å². The van der Waals surface area contributed by atoms with E-state index in [0.717, 1.165) is 17.7 Å². The van der Waals surface area contributed by atoms with Crippen LogP contribution in [0.1, 0.15) is 29.7 Å². The number of nitrogens with zero attached hydrogens (tertiary/aromatic N) is 2. The zero-order chi connectivity index (χ0) is 21.4. The number of hydrogen-bond donors (Lipinski definition) is 2. The molecule has 8 heteroatoms. The molecule has 0 bridgehead atoms. The molecule has 0 aliphatic carbocycles. The number of hydrogen-bond acceptors (Lipinski definition) is 2. The van der Waals surface area contributed by atoms with Crippen molar-refractivity contribution in [3.05, 3.63) is 71.3 Å². The van der Waals surface area contributed by atoms with Crippen LogP contribution in [0, 0.1) is 0 Å². The minimum absolute atomic E-state index is 0.0168. The molecule has 156 valence electrons. The summed E-state index contributed by atoms with van der Waals surface area (Å²) in [5, 5.41) is 6.02. The van der Waals surface area contributed by atoms with Crippen LogP contribution in [0.2, 0.25) is 0 Å². The summed E-state index contributed by atoms with van der Waals surface area (Å²) >= 11 is 0. The molecule has 5 nitrogen and oxygen atoms in total. The number of carbonyl (C=O) groups excluding carboxylic acids is 1. The SMILES string of the molecule is CC(NC(=NCc1ccccc1)NCC(=O)N(C)C)c1cccc(C(F)(F)F)c1. The van der Waals surface area contributed by atoms with Gasteiger partial charge in [0.25, 0.3) is 0 Å². The molecule has 0 aromatic heterocycles. The lowest BCUT2D eigenvalue weighted by molar-refractivity contribution is -0.137. The van der Waals surface area contributed by atoms with E-state index in [9.17, 15) is 18.0 Å². The van der Waals surface area contributed by atoms with Gasteiger partial charge in [0, 0.05) is 14.1 Å². The highest BCUT2D eigenvalue weighted by Crippen LogP contribution is 2.30. The highest BCUT2D eigenvalue weighted by Gasteiger charge is 2.30. The Morgan fingerprint density at radius 1 is 1.10 bits per heavy atom. The predicted octanol–water partition coefficient (Wildman–Crippen LogP) is 3.59. The molecular weight excluding hydrogens is 381 g/mol. The van der Waals surface area contributed by atoms with E-state index in [4.69, 9.17) is 0 Å². The molecule has 1 atom stereocenters. The van der Waals surface area contributed by atoms with Crippen molar-refractivity contribution in [3.8, 4) is 0 Å². The van der Waals surface area contributed by atoms with Crippen molar-refractivity contribution in [2.75, 3.05) is 20.6 Å². The van der Waals surface area contributed by atoms with E-state index < -0.39 is 17.8 Å². The number of halogens is 3. The van der Waals surface area contributed by atoms with Crippen molar-refractivity contribution in [2.24, 2.45) is 4.99 Å². The van der Waals surface area contributed by atoms with Gasteiger partial charge in [-0.1, -0.05) is 42.5 Å². The summed E-state index contributed by atoms with van der Waals surface area (Å²) in [4.78, 5) is 17.8. The van der Waals surface area contributed by atoms with Crippen LogP contribution in [-0.4, -0.2) is 37.4 Å². The van der Waals surface area contributed by atoms with E-state index >= 15 is 0 Å². The van der Waals surface area contributed by atoms with Gasteiger partial charge in [0.15, 0.2) is 5.96 Å². The van der Waals surface area contributed by atoms with E-state index in [1.165, 1.54) is 11.0 Å². The van der Waals surface area contributed by atoms with E-state index in [2.05, 4.69) is 15.6 Å². The number of amides is 1. The number of likely N-dealkylation sites (N-methyl/N-ethyl adjacent to an activating group) is 1. The second-order valence-electron chi connectivity index (χ2n) is 6.78. The maximum absolute atomic E-state index is 13.0. The largest absolute Gasteiger partial charge is 0.416 e. The highest BCUT2D eigenvalue weighted by atomic mass is 19.4. The first-order valence-corrected chi connectivity index (χ1v) is 9.13. The van der Waals surface area contributed by atoms with Crippen LogP contribution in [0.15, 0.2) is 59.6 Å². The second-order valence-corrected chi connectivity index (χ2v) is 6.78. The molecule has 0 aliphatic rings. The molecule has 0 saturated heterocycles. The average molecular weight is 406 g/mol. The van der Waals surface area contributed by atoms with Crippen molar-refractivity contribution in [3.63, 3.8) is 0 Å². The van der Waals surface area contributed by atoms with Crippen LogP contribution in [0.4, 0.5) is 13.2 Å². The zero-order valence-corrected chi connectivity index (χ0v) is 16.6. The Hall–Kier alpha value is -3.03. The highest BCUT2D eigenvalue weighted by molar-refractivity contribution is 5.86. The lowest BCUT2D eigenvalue weighted by atomic mass is 10.1. The molecule has 0 saturated carbocycles. The van der Waals surface area contributed by atoms with Gasteiger partial charge in [-0.25, -0.2) is 4.99 Å². The van der Waals surface area contributed by atoms with Gasteiger partial charge in [-0.05, 0) is 30.2 Å². The van der Waals surface area contributed by atoms with Crippen LogP contribution < -0.4 is 10.6 Å². The fourth-order valence-corrected chi connectivity index (χ4v) is 2.50. The summed E-state index contributed by atoms with van der Waals surface area (Å²) in [6.07, 6.45) is -4.41. The summed E-state index contributed by atoms with van der Waals surface area (Å²) in [6, 6.07) is 14.2. The zero-order valence-electron chi connectivity index (χ0n) is 16.6. The molecule has 29 heavy (non-hydrogen) atoms. The molecule has 2 aromatic carbocycles. The van der Waals surface area contributed by atoms with Gasteiger partial charge < -0.3 is 15.5 Å². The molecule has 0 aliphatic heterocycles. The van der Waals surface area contributed by atoms with Crippen LogP contribution in [0.25, 0.3) is 0 Å². The lowest BCUT2D eigenvalue weighted by Crippen LogP contribution is -2.43. The van der Waals surface area contributed by atoms with E-state index in [0.29, 0.717) is 18.1 Å². The first kappa shape index (κ1) is 22.3. The van der Waals surface area contributed by atoms with Crippen molar-refractivity contribution in [1.82, 2.24) is 15.5 Å². The van der Waals surface area contributed by atoms with Crippen molar-refractivity contribution >= 4 is 11.9 Å². The Labute approximate surface area is 168 Å². The number of guanidine groups is 1. The quantitative estimate of drug-likeness (QED) is 0.570. The monoisotopic (exact) mass is 406 g/mol. The number of alkyl halides is 3. The van der Waals surface area contributed by atoms with Crippen LogP contribution in [0.3, 0.4) is 0 Å². The van der Waals surface area contributed by atoms with Crippen molar-refractivity contribution in [1.29, 1.82) is 0 Å². The molecule has 2 aromatic rings. The lowest BCUT2D eigenvalue weighted by Gasteiger charge is -2.20.